The van der Waals surface area contributed by atoms with E-state index in [1.807, 2.05) is 0 Å². The maximum Gasteiger partial charge on any atom is 0.235 e. The van der Waals surface area contributed by atoms with E-state index in [4.69, 9.17) is 0 Å². The summed E-state index contributed by atoms with van der Waals surface area (Å²) in [6.45, 7) is 14.2. The zero-order valence-electron chi connectivity index (χ0n) is 22.0. The molecule has 4 rings (SSSR count). The summed E-state index contributed by atoms with van der Waals surface area (Å²) in [5.74, 6) is 2.03. The van der Waals surface area contributed by atoms with Gasteiger partial charge >= 0.3 is 0 Å². The van der Waals surface area contributed by atoms with E-state index in [1.54, 1.807) is 22.7 Å². The van der Waals surface area contributed by atoms with Gasteiger partial charge in [-0.2, -0.15) is 5.26 Å². The molecule has 3 heterocycles. The highest BCUT2D eigenvalue weighted by Crippen LogP contribution is 2.44. The average Bonchev–Trinajstić information content (AvgIpc) is 3.53. The number of nitrogens with one attached hydrogen (secondary N) is 1. The number of thioether (sulfide) groups is 1. The van der Waals surface area contributed by atoms with Gasteiger partial charge in [-0.1, -0.05) is 53.3 Å². The lowest BCUT2D eigenvalue weighted by Crippen LogP contribution is -2.26. The fourth-order valence-electron chi connectivity index (χ4n) is 4.63. The Labute approximate surface area is 226 Å². The Morgan fingerprint density at radius 2 is 2.14 bits per heavy atom. The van der Waals surface area contributed by atoms with Crippen molar-refractivity contribution in [1.82, 2.24) is 14.8 Å². The molecule has 3 aromatic rings. The number of nitrogens with zero attached hydrogens (tertiary/aromatic N) is 4. The number of carbonyl (C=O) groups excluding carboxylic acids is 1. The highest BCUT2D eigenvalue weighted by atomic mass is 32.2. The molecule has 0 aliphatic heterocycles. The molecule has 1 amide bonds. The van der Waals surface area contributed by atoms with Crippen molar-refractivity contribution in [1.29, 1.82) is 5.26 Å². The first-order chi connectivity index (χ1) is 17.1. The van der Waals surface area contributed by atoms with Crippen LogP contribution in [0.5, 0.6) is 0 Å². The molecule has 0 fully saturated rings. The Morgan fingerprint density at radius 1 is 1.36 bits per heavy atom. The Bertz CT molecular complexity index is 1270. The number of rotatable bonds is 8. The topological polar surface area (TPSA) is 83.6 Å². The summed E-state index contributed by atoms with van der Waals surface area (Å²) in [5, 5.41) is 25.3. The molecule has 1 aliphatic rings. The minimum atomic E-state index is -0.118. The van der Waals surface area contributed by atoms with Gasteiger partial charge in [0.1, 0.15) is 11.1 Å². The molecule has 3 aromatic heterocycles. The largest absolute Gasteiger partial charge is 0.316 e. The minimum Gasteiger partial charge on any atom is -0.316 e. The Hall–Kier alpha value is -2.15. The average molecular weight is 542 g/mol. The summed E-state index contributed by atoms with van der Waals surface area (Å²) < 4.78 is 2.11. The van der Waals surface area contributed by atoms with Crippen molar-refractivity contribution >= 4 is 45.3 Å². The monoisotopic (exact) mass is 541 g/mol. The van der Waals surface area contributed by atoms with Crippen LogP contribution >= 0.6 is 34.4 Å². The molecule has 0 spiro atoms. The van der Waals surface area contributed by atoms with Crippen LogP contribution < -0.4 is 5.32 Å². The minimum absolute atomic E-state index is 0.118. The fraction of sp³-hybridized carbons (Fsp3) is 0.556. The van der Waals surface area contributed by atoms with E-state index in [1.165, 1.54) is 21.5 Å². The van der Waals surface area contributed by atoms with Crippen LogP contribution in [0.25, 0.3) is 11.4 Å². The number of aromatic nitrogens is 3. The predicted octanol–water partition coefficient (Wildman–Crippen LogP) is 7.35. The van der Waals surface area contributed by atoms with E-state index in [-0.39, 0.29) is 17.1 Å². The number of carbonyl (C=O) groups is 1. The molecule has 192 valence electrons. The molecule has 1 N–H and O–H groups in total. The van der Waals surface area contributed by atoms with Crippen molar-refractivity contribution in [3.05, 3.63) is 32.3 Å². The number of hydrogen-bond donors (Lipinski definition) is 1. The van der Waals surface area contributed by atoms with Gasteiger partial charge < -0.3 is 9.88 Å². The lowest BCUT2D eigenvalue weighted by atomic mass is 9.72. The van der Waals surface area contributed by atoms with Crippen molar-refractivity contribution in [2.45, 2.75) is 84.8 Å². The number of thiophene rings is 2. The van der Waals surface area contributed by atoms with Crippen molar-refractivity contribution in [2.24, 2.45) is 11.3 Å². The Morgan fingerprint density at radius 3 is 2.78 bits per heavy atom. The molecule has 6 nitrogen and oxygen atoms in total. The van der Waals surface area contributed by atoms with Gasteiger partial charge in [0.05, 0.1) is 11.3 Å². The molecule has 1 unspecified atom stereocenters. The predicted molar refractivity (Wildman–Crippen MR) is 151 cm³/mol. The van der Waals surface area contributed by atoms with Crippen molar-refractivity contribution in [3.63, 3.8) is 0 Å². The summed E-state index contributed by atoms with van der Waals surface area (Å²) in [4.78, 5) is 15.5. The van der Waals surface area contributed by atoms with E-state index >= 15 is 0 Å². The summed E-state index contributed by atoms with van der Waals surface area (Å²) >= 11 is 4.72. The van der Waals surface area contributed by atoms with Crippen LogP contribution in [0, 0.1) is 22.7 Å². The Kier molecular flexibility index (Phi) is 8.28. The maximum atomic E-state index is 12.9. The van der Waals surface area contributed by atoms with Gasteiger partial charge in [0.2, 0.25) is 5.91 Å². The van der Waals surface area contributed by atoms with E-state index in [2.05, 4.69) is 79.1 Å². The van der Waals surface area contributed by atoms with Gasteiger partial charge in [0, 0.05) is 27.2 Å². The first-order valence-corrected chi connectivity index (χ1v) is 15.3. The van der Waals surface area contributed by atoms with Gasteiger partial charge in [-0.3, -0.25) is 4.79 Å². The van der Waals surface area contributed by atoms with Crippen LogP contribution in [-0.2, 0) is 24.2 Å². The van der Waals surface area contributed by atoms with Crippen LogP contribution in [0.15, 0.2) is 16.6 Å². The highest BCUT2D eigenvalue weighted by Gasteiger charge is 2.32. The quantitative estimate of drug-likeness (QED) is 0.301. The van der Waals surface area contributed by atoms with Crippen LogP contribution in [0.3, 0.4) is 0 Å². The van der Waals surface area contributed by atoms with Gasteiger partial charge in [-0.05, 0) is 54.6 Å². The van der Waals surface area contributed by atoms with Crippen molar-refractivity contribution in [3.8, 4) is 17.5 Å². The second-order valence-electron chi connectivity index (χ2n) is 10.8. The lowest BCUT2D eigenvalue weighted by molar-refractivity contribution is -0.113. The second kappa shape index (κ2) is 11.1. The zero-order valence-corrected chi connectivity index (χ0v) is 24.4. The van der Waals surface area contributed by atoms with Crippen LogP contribution in [0.4, 0.5) is 5.00 Å². The maximum absolute atomic E-state index is 12.9. The third-order valence-electron chi connectivity index (χ3n) is 6.80. The molecule has 0 bridgehead atoms. The molecule has 0 radical (unpaired) electrons. The van der Waals surface area contributed by atoms with E-state index in [0.29, 0.717) is 22.4 Å². The highest BCUT2D eigenvalue weighted by molar-refractivity contribution is 7.99. The van der Waals surface area contributed by atoms with Crippen LogP contribution in [0.1, 0.15) is 81.2 Å². The first kappa shape index (κ1) is 26.9. The molecule has 1 atom stereocenters. The normalized spacial score (nSPS) is 15.7. The second-order valence-corrected chi connectivity index (χ2v) is 13.8. The molecule has 9 heteroatoms. The molecule has 0 saturated carbocycles. The summed E-state index contributed by atoms with van der Waals surface area (Å²) in [5.41, 5.74) is 3.10. The van der Waals surface area contributed by atoms with E-state index in [0.717, 1.165) is 54.3 Å². The van der Waals surface area contributed by atoms with Crippen LogP contribution in [0.2, 0.25) is 0 Å². The zero-order chi connectivity index (χ0) is 26.0. The van der Waals surface area contributed by atoms with Gasteiger partial charge in [-0.15, -0.1) is 32.9 Å². The van der Waals surface area contributed by atoms with Crippen molar-refractivity contribution in [2.75, 3.05) is 11.1 Å². The number of anilines is 1. The summed E-state index contributed by atoms with van der Waals surface area (Å²) in [6.07, 6.45) is 3.93. The number of amides is 1. The molecular formula is C27H35N5OS3. The molecule has 1 aliphatic carbocycles. The van der Waals surface area contributed by atoms with Gasteiger partial charge in [0.15, 0.2) is 11.0 Å². The summed E-state index contributed by atoms with van der Waals surface area (Å²) in [6, 6.07) is 4.55. The smallest absolute Gasteiger partial charge is 0.235 e. The van der Waals surface area contributed by atoms with E-state index in [9.17, 15) is 10.1 Å². The third kappa shape index (κ3) is 5.71. The fourth-order valence-corrected chi connectivity index (χ4v) is 7.59. The first-order valence-electron chi connectivity index (χ1n) is 12.6. The van der Waals surface area contributed by atoms with Crippen LogP contribution in [-0.4, -0.2) is 26.4 Å². The molecule has 0 aromatic carbocycles. The van der Waals surface area contributed by atoms with E-state index < -0.39 is 0 Å². The molecular weight excluding hydrogens is 507 g/mol. The molecule has 0 saturated heterocycles. The number of nitriles is 1. The number of hydrogen-bond acceptors (Lipinski definition) is 7. The van der Waals surface area contributed by atoms with Crippen molar-refractivity contribution < 1.29 is 4.79 Å². The SMILES string of the molecule is CCCn1c(SCC(=O)Nc2sc3c(c2C#N)CCC(C(C)(C)C)C3)nnc1-c1csc(C(C)C)c1. The van der Waals surface area contributed by atoms with Gasteiger partial charge in [0.25, 0.3) is 0 Å². The summed E-state index contributed by atoms with van der Waals surface area (Å²) in [7, 11) is 0. The standard InChI is InChI=1S/C27H35N5OS3/c1-7-10-32-24(17-11-21(16(2)3)34-14-17)30-31-26(32)35-15-23(33)29-25-20(13-28)19-9-8-18(27(4,5)6)12-22(19)36-25/h11,14,16,18H,7-10,12,15H2,1-6H3,(H,29,33). The Balaban J connectivity index is 1.46. The third-order valence-corrected chi connectivity index (χ3v) is 10.2. The number of fused-ring (bicyclic) bond motifs is 1. The lowest BCUT2D eigenvalue weighted by Gasteiger charge is -2.33. The van der Waals surface area contributed by atoms with Gasteiger partial charge in [-0.25, -0.2) is 0 Å². The molecule has 36 heavy (non-hydrogen) atoms.